The Labute approximate surface area is 116 Å². The van der Waals surface area contributed by atoms with E-state index >= 15 is 0 Å². The fourth-order valence-corrected chi connectivity index (χ4v) is 5.25. The van der Waals surface area contributed by atoms with Crippen molar-refractivity contribution in [2.45, 2.75) is 58.0 Å². The molecular weight excluding hydrogens is 234 g/mol. The largest absolute Gasteiger partial charge is 0.465 e. The van der Waals surface area contributed by atoms with Crippen LogP contribution in [0.25, 0.3) is 0 Å². The van der Waals surface area contributed by atoms with Crippen molar-refractivity contribution in [2.75, 3.05) is 0 Å². The third-order valence-electron chi connectivity index (χ3n) is 5.86. The van der Waals surface area contributed by atoms with Gasteiger partial charge in [0.1, 0.15) is 11.5 Å². The Balaban J connectivity index is 1.48. The van der Waals surface area contributed by atoms with Crippen LogP contribution < -0.4 is 5.32 Å². The first kappa shape index (κ1) is 12.0. The van der Waals surface area contributed by atoms with Gasteiger partial charge >= 0.3 is 0 Å². The molecule has 2 heteroatoms. The Morgan fingerprint density at radius 3 is 2.21 bits per heavy atom. The SMILES string of the molecule is Cc1ccc(C(C)NC2C3CC4CC(C3)CC2C4)o1. The van der Waals surface area contributed by atoms with E-state index in [1.807, 2.05) is 6.92 Å². The van der Waals surface area contributed by atoms with Crippen molar-refractivity contribution in [1.82, 2.24) is 5.32 Å². The summed E-state index contributed by atoms with van der Waals surface area (Å²) in [6.45, 7) is 4.28. The summed E-state index contributed by atoms with van der Waals surface area (Å²) in [5, 5.41) is 3.90. The van der Waals surface area contributed by atoms with E-state index in [-0.39, 0.29) is 0 Å². The second-order valence-corrected chi connectivity index (χ2v) is 7.29. The number of nitrogens with one attached hydrogen (secondary N) is 1. The number of aryl methyl sites for hydroxylation is 1. The van der Waals surface area contributed by atoms with E-state index in [0.29, 0.717) is 6.04 Å². The van der Waals surface area contributed by atoms with Gasteiger partial charge in [0, 0.05) is 6.04 Å². The molecule has 0 radical (unpaired) electrons. The summed E-state index contributed by atoms with van der Waals surface area (Å²) in [4.78, 5) is 0. The van der Waals surface area contributed by atoms with Crippen LogP contribution in [-0.4, -0.2) is 6.04 Å². The van der Waals surface area contributed by atoms with Crippen molar-refractivity contribution in [1.29, 1.82) is 0 Å². The molecule has 4 aliphatic carbocycles. The Kier molecular flexibility index (Phi) is 2.77. The first-order valence-electron chi connectivity index (χ1n) is 8.01. The third kappa shape index (κ3) is 2.05. The minimum absolute atomic E-state index is 0.358. The molecule has 1 atom stereocenters. The number of hydrogen-bond acceptors (Lipinski definition) is 2. The van der Waals surface area contributed by atoms with Gasteiger partial charge in [-0.1, -0.05) is 0 Å². The zero-order valence-electron chi connectivity index (χ0n) is 12.1. The highest BCUT2D eigenvalue weighted by molar-refractivity contribution is 5.10. The predicted molar refractivity (Wildman–Crippen MR) is 75.8 cm³/mol. The molecule has 0 spiro atoms. The van der Waals surface area contributed by atoms with Gasteiger partial charge in [-0.15, -0.1) is 0 Å². The average molecular weight is 259 g/mol. The van der Waals surface area contributed by atoms with Gasteiger partial charge in [-0.25, -0.2) is 0 Å². The highest BCUT2D eigenvalue weighted by Crippen LogP contribution is 2.54. The van der Waals surface area contributed by atoms with Gasteiger partial charge in [-0.2, -0.15) is 0 Å². The van der Waals surface area contributed by atoms with Gasteiger partial charge in [0.2, 0.25) is 0 Å². The second-order valence-electron chi connectivity index (χ2n) is 7.29. The van der Waals surface area contributed by atoms with Crippen LogP contribution in [0.4, 0.5) is 0 Å². The molecule has 0 amide bonds. The van der Waals surface area contributed by atoms with E-state index in [1.165, 1.54) is 32.1 Å². The molecule has 104 valence electrons. The maximum Gasteiger partial charge on any atom is 0.120 e. The van der Waals surface area contributed by atoms with Crippen LogP contribution in [0, 0.1) is 30.6 Å². The number of furan rings is 1. The molecular formula is C17H25NO. The van der Waals surface area contributed by atoms with E-state index < -0.39 is 0 Å². The number of hydrogen-bond donors (Lipinski definition) is 1. The monoisotopic (exact) mass is 259 g/mol. The summed E-state index contributed by atoms with van der Waals surface area (Å²) >= 11 is 0. The highest BCUT2D eigenvalue weighted by Gasteiger charge is 2.48. The van der Waals surface area contributed by atoms with Crippen molar-refractivity contribution in [3.8, 4) is 0 Å². The van der Waals surface area contributed by atoms with E-state index in [4.69, 9.17) is 4.42 Å². The fourth-order valence-electron chi connectivity index (χ4n) is 5.25. The van der Waals surface area contributed by atoms with Crippen LogP contribution in [0.1, 0.15) is 56.6 Å². The maximum absolute atomic E-state index is 5.78. The molecule has 2 nitrogen and oxygen atoms in total. The Morgan fingerprint density at radius 2 is 1.68 bits per heavy atom. The molecule has 1 aromatic rings. The lowest BCUT2D eigenvalue weighted by Gasteiger charge is -2.55. The summed E-state index contributed by atoms with van der Waals surface area (Å²) < 4.78 is 5.78. The minimum atomic E-state index is 0.358. The molecule has 0 aliphatic heterocycles. The van der Waals surface area contributed by atoms with Crippen molar-refractivity contribution in [3.05, 3.63) is 23.7 Å². The van der Waals surface area contributed by atoms with Gasteiger partial charge in [0.15, 0.2) is 0 Å². The summed E-state index contributed by atoms with van der Waals surface area (Å²) in [5.74, 6) is 6.12. The van der Waals surface area contributed by atoms with Crippen LogP contribution >= 0.6 is 0 Å². The highest BCUT2D eigenvalue weighted by atomic mass is 16.3. The maximum atomic E-state index is 5.78. The van der Waals surface area contributed by atoms with Crippen molar-refractivity contribution in [2.24, 2.45) is 23.7 Å². The molecule has 4 fully saturated rings. The normalized spacial score (nSPS) is 41.7. The first-order valence-corrected chi connectivity index (χ1v) is 8.01. The van der Waals surface area contributed by atoms with Gasteiger partial charge in [0.25, 0.3) is 0 Å². The van der Waals surface area contributed by atoms with Crippen LogP contribution in [-0.2, 0) is 0 Å². The van der Waals surface area contributed by atoms with Gasteiger partial charge in [-0.3, -0.25) is 0 Å². The van der Waals surface area contributed by atoms with Crippen LogP contribution in [0.2, 0.25) is 0 Å². The molecule has 19 heavy (non-hydrogen) atoms. The summed E-state index contributed by atoms with van der Waals surface area (Å²) in [6.07, 6.45) is 7.46. The lowest BCUT2D eigenvalue weighted by Crippen LogP contribution is -2.54. The van der Waals surface area contributed by atoms with Gasteiger partial charge in [0.05, 0.1) is 6.04 Å². The Morgan fingerprint density at radius 1 is 1.05 bits per heavy atom. The standard InChI is InChI=1S/C17H25NO/c1-10-3-4-16(19-10)11(2)18-17-14-6-12-5-13(8-14)9-15(17)7-12/h3-4,11-15,17-18H,5-9H2,1-2H3. The van der Waals surface area contributed by atoms with E-state index in [0.717, 1.165) is 41.2 Å². The molecule has 4 saturated carbocycles. The van der Waals surface area contributed by atoms with E-state index in [2.05, 4.69) is 24.4 Å². The van der Waals surface area contributed by atoms with Crippen molar-refractivity contribution in [3.63, 3.8) is 0 Å². The predicted octanol–water partition coefficient (Wildman–Crippen LogP) is 4.06. The summed E-state index contributed by atoms with van der Waals surface area (Å²) in [7, 11) is 0. The molecule has 4 bridgehead atoms. The average Bonchev–Trinajstić information content (AvgIpc) is 2.79. The summed E-state index contributed by atoms with van der Waals surface area (Å²) in [5.41, 5.74) is 0. The smallest absolute Gasteiger partial charge is 0.120 e. The van der Waals surface area contributed by atoms with E-state index in [9.17, 15) is 0 Å². The molecule has 1 heterocycles. The Bertz CT molecular complexity index is 436. The summed E-state index contributed by atoms with van der Waals surface area (Å²) in [6, 6.07) is 5.30. The topological polar surface area (TPSA) is 25.2 Å². The molecule has 1 unspecified atom stereocenters. The molecule has 1 aromatic heterocycles. The lowest BCUT2D eigenvalue weighted by molar-refractivity contribution is -0.0178. The minimum Gasteiger partial charge on any atom is -0.465 e. The van der Waals surface area contributed by atoms with Crippen LogP contribution in [0.3, 0.4) is 0 Å². The molecule has 4 aliphatic rings. The molecule has 5 rings (SSSR count). The van der Waals surface area contributed by atoms with Crippen LogP contribution in [0.15, 0.2) is 16.5 Å². The molecule has 1 N–H and O–H groups in total. The fraction of sp³-hybridized carbons (Fsp3) is 0.765. The third-order valence-corrected chi connectivity index (χ3v) is 5.86. The number of rotatable bonds is 3. The zero-order chi connectivity index (χ0) is 13.0. The molecule has 0 aromatic carbocycles. The quantitative estimate of drug-likeness (QED) is 0.885. The second kappa shape index (κ2) is 4.37. The molecule has 0 saturated heterocycles. The van der Waals surface area contributed by atoms with Crippen molar-refractivity contribution < 1.29 is 4.42 Å². The van der Waals surface area contributed by atoms with E-state index in [1.54, 1.807) is 0 Å². The van der Waals surface area contributed by atoms with Crippen molar-refractivity contribution >= 4 is 0 Å². The zero-order valence-corrected chi connectivity index (χ0v) is 12.1. The Hall–Kier alpha value is -0.760. The lowest BCUT2D eigenvalue weighted by atomic mass is 9.54. The van der Waals surface area contributed by atoms with Gasteiger partial charge < -0.3 is 9.73 Å². The van der Waals surface area contributed by atoms with Gasteiger partial charge in [-0.05, 0) is 81.8 Å². The van der Waals surface area contributed by atoms with Crippen LogP contribution in [0.5, 0.6) is 0 Å². The first-order chi connectivity index (χ1) is 9.19.